The van der Waals surface area contributed by atoms with Gasteiger partial charge in [-0.25, -0.2) is 4.79 Å². The summed E-state index contributed by atoms with van der Waals surface area (Å²) in [6, 6.07) is 13.2. The van der Waals surface area contributed by atoms with Crippen LogP contribution < -0.4 is 10.6 Å². The Hall–Kier alpha value is -3.35. The summed E-state index contributed by atoms with van der Waals surface area (Å²) in [5, 5.41) is 5.54. The fourth-order valence-corrected chi connectivity index (χ4v) is 3.40. The number of nitrogens with zero attached hydrogens (tertiary/aromatic N) is 1. The third kappa shape index (κ3) is 7.34. The van der Waals surface area contributed by atoms with Crippen molar-refractivity contribution in [2.75, 3.05) is 11.9 Å². The van der Waals surface area contributed by atoms with Crippen molar-refractivity contribution < 1.29 is 19.1 Å². The van der Waals surface area contributed by atoms with E-state index >= 15 is 0 Å². The SMILES string of the molecule is CCN(C(=O)C(C)NC(=O)OC(C)(C)C)C(C(=O)Nc1ccccc1C)c1ccc(C)cc1. The van der Waals surface area contributed by atoms with Crippen LogP contribution in [-0.4, -0.2) is 41.0 Å². The summed E-state index contributed by atoms with van der Waals surface area (Å²) in [4.78, 5) is 40.5. The quantitative estimate of drug-likeness (QED) is 0.634. The molecule has 2 rings (SSSR count). The van der Waals surface area contributed by atoms with Gasteiger partial charge in [-0.05, 0) is 65.7 Å². The van der Waals surface area contributed by atoms with E-state index in [1.165, 1.54) is 4.90 Å². The second-order valence-electron chi connectivity index (χ2n) is 9.11. The van der Waals surface area contributed by atoms with Crippen molar-refractivity contribution in [3.05, 3.63) is 65.2 Å². The Morgan fingerprint density at radius 1 is 1.00 bits per heavy atom. The zero-order chi connectivity index (χ0) is 24.8. The molecule has 0 aliphatic heterocycles. The Balaban J connectivity index is 2.33. The molecule has 7 heteroatoms. The van der Waals surface area contributed by atoms with Crippen molar-refractivity contribution in [3.8, 4) is 0 Å². The number of nitrogens with one attached hydrogen (secondary N) is 2. The molecule has 0 aliphatic carbocycles. The van der Waals surface area contributed by atoms with Crippen LogP contribution in [0.1, 0.15) is 57.4 Å². The van der Waals surface area contributed by atoms with E-state index in [9.17, 15) is 14.4 Å². The lowest BCUT2D eigenvalue weighted by Crippen LogP contribution is -2.51. The highest BCUT2D eigenvalue weighted by Gasteiger charge is 2.34. The molecule has 33 heavy (non-hydrogen) atoms. The first-order valence-corrected chi connectivity index (χ1v) is 11.2. The Morgan fingerprint density at radius 2 is 1.61 bits per heavy atom. The summed E-state index contributed by atoms with van der Waals surface area (Å²) in [5.41, 5.74) is 2.65. The van der Waals surface area contributed by atoms with E-state index in [-0.39, 0.29) is 18.4 Å². The molecule has 0 saturated carbocycles. The van der Waals surface area contributed by atoms with E-state index in [1.807, 2.05) is 62.4 Å². The maximum Gasteiger partial charge on any atom is 0.408 e. The molecule has 2 aromatic rings. The number of carbonyl (C=O) groups excluding carboxylic acids is 3. The number of para-hydroxylation sites is 1. The van der Waals surface area contributed by atoms with Gasteiger partial charge in [0.2, 0.25) is 5.91 Å². The largest absolute Gasteiger partial charge is 0.444 e. The van der Waals surface area contributed by atoms with Gasteiger partial charge in [-0.3, -0.25) is 9.59 Å². The number of benzene rings is 2. The normalized spacial score (nSPS) is 12.9. The molecule has 0 spiro atoms. The van der Waals surface area contributed by atoms with Gasteiger partial charge in [0, 0.05) is 12.2 Å². The Labute approximate surface area is 196 Å². The third-order valence-corrected chi connectivity index (χ3v) is 5.08. The van der Waals surface area contributed by atoms with Crippen molar-refractivity contribution in [3.63, 3.8) is 0 Å². The first-order valence-electron chi connectivity index (χ1n) is 11.2. The van der Waals surface area contributed by atoms with E-state index in [2.05, 4.69) is 10.6 Å². The monoisotopic (exact) mass is 453 g/mol. The van der Waals surface area contributed by atoms with Crippen LogP contribution >= 0.6 is 0 Å². The maximum absolute atomic E-state index is 13.5. The highest BCUT2D eigenvalue weighted by molar-refractivity contribution is 5.99. The molecule has 0 saturated heterocycles. The van der Waals surface area contributed by atoms with Gasteiger partial charge in [0.25, 0.3) is 5.91 Å². The highest BCUT2D eigenvalue weighted by Crippen LogP contribution is 2.25. The van der Waals surface area contributed by atoms with Crippen LogP contribution in [0.2, 0.25) is 0 Å². The molecule has 0 aliphatic rings. The van der Waals surface area contributed by atoms with E-state index in [0.717, 1.165) is 11.1 Å². The van der Waals surface area contributed by atoms with Crippen molar-refractivity contribution in [2.24, 2.45) is 0 Å². The average molecular weight is 454 g/mol. The average Bonchev–Trinajstić information content (AvgIpc) is 2.72. The van der Waals surface area contributed by atoms with Crippen LogP contribution in [0, 0.1) is 13.8 Å². The topological polar surface area (TPSA) is 87.7 Å². The Bertz CT molecular complexity index is 980. The van der Waals surface area contributed by atoms with Gasteiger partial charge in [0.1, 0.15) is 17.7 Å². The smallest absolute Gasteiger partial charge is 0.408 e. The molecule has 178 valence electrons. The van der Waals surface area contributed by atoms with Gasteiger partial charge in [-0.1, -0.05) is 48.0 Å². The fourth-order valence-electron chi connectivity index (χ4n) is 3.40. The predicted octanol–water partition coefficient (Wildman–Crippen LogP) is 4.74. The molecule has 0 heterocycles. The minimum atomic E-state index is -0.876. The second-order valence-corrected chi connectivity index (χ2v) is 9.11. The maximum atomic E-state index is 13.5. The van der Waals surface area contributed by atoms with Gasteiger partial charge in [-0.15, -0.1) is 0 Å². The molecular formula is C26H35N3O4. The Morgan fingerprint density at radius 3 is 2.15 bits per heavy atom. The molecule has 7 nitrogen and oxygen atoms in total. The molecule has 0 fully saturated rings. The summed E-state index contributed by atoms with van der Waals surface area (Å²) in [7, 11) is 0. The summed E-state index contributed by atoms with van der Waals surface area (Å²) in [6.45, 7) is 12.8. The zero-order valence-corrected chi connectivity index (χ0v) is 20.6. The summed E-state index contributed by atoms with van der Waals surface area (Å²) in [6.07, 6.45) is -0.685. The van der Waals surface area contributed by atoms with E-state index < -0.39 is 23.8 Å². The van der Waals surface area contributed by atoms with E-state index in [1.54, 1.807) is 34.6 Å². The van der Waals surface area contributed by atoms with Crippen molar-refractivity contribution >= 4 is 23.6 Å². The number of alkyl carbamates (subject to hydrolysis) is 1. The van der Waals surface area contributed by atoms with Crippen molar-refractivity contribution in [2.45, 2.75) is 66.2 Å². The van der Waals surface area contributed by atoms with Crippen LogP contribution in [0.15, 0.2) is 48.5 Å². The molecule has 0 bridgehead atoms. The number of ether oxygens (including phenoxy) is 1. The summed E-state index contributed by atoms with van der Waals surface area (Å²) < 4.78 is 5.27. The standard InChI is InChI=1S/C26H35N3O4/c1-8-29(24(31)19(4)27-25(32)33-26(5,6)7)22(20-15-13-17(2)14-16-20)23(30)28-21-12-10-9-11-18(21)3/h9-16,19,22H,8H2,1-7H3,(H,27,32)(H,28,30). The summed E-state index contributed by atoms with van der Waals surface area (Å²) >= 11 is 0. The van der Waals surface area contributed by atoms with Gasteiger partial charge in [0.05, 0.1) is 0 Å². The van der Waals surface area contributed by atoms with Crippen LogP contribution in [-0.2, 0) is 14.3 Å². The van der Waals surface area contributed by atoms with Gasteiger partial charge >= 0.3 is 6.09 Å². The number of anilines is 1. The van der Waals surface area contributed by atoms with Gasteiger partial charge in [0.15, 0.2) is 0 Å². The minimum Gasteiger partial charge on any atom is -0.444 e. The molecule has 2 aromatic carbocycles. The first-order chi connectivity index (χ1) is 15.4. The zero-order valence-electron chi connectivity index (χ0n) is 20.6. The molecule has 0 radical (unpaired) electrons. The van der Waals surface area contributed by atoms with Crippen LogP contribution in [0.25, 0.3) is 0 Å². The lowest BCUT2D eigenvalue weighted by Gasteiger charge is -2.33. The number of hydrogen-bond acceptors (Lipinski definition) is 4. The molecule has 0 aromatic heterocycles. The van der Waals surface area contributed by atoms with Gasteiger partial charge in [-0.2, -0.15) is 0 Å². The molecule has 2 unspecified atom stereocenters. The van der Waals surface area contributed by atoms with Gasteiger partial charge < -0.3 is 20.3 Å². The number of amides is 3. The lowest BCUT2D eigenvalue weighted by atomic mass is 10.0. The minimum absolute atomic E-state index is 0.277. The van der Waals surface area contributed by atoms with Crippen LogP contribution in [0.3, 0.4) is 0 Å². The summed E-state index contributed by atoms with van der Waals surface area (Å²) in [5.74, 6) is -0.707. The number of hydrogen-bond donors (Lipinski definition) is 2. The number of carbonyl (C=O) groups is 3. The van der Waals surface area contributed by atoms with Crippen molar-refractivity contribution in [1.29, 1.82) is 0 Å². The lowest BCUT2D eigenvalue weighted by molar-refractivity contribution is -0.140. The number of likely N-dealkylation sites (N-methyl/N-ethyl adjacent to an activating group) is 1. The Kier molecular flexibility index (Phi) is 8.63. The number of aryl methyl sites for hydroxylation is 2. The van der Waals surface area contributed by atoms with Crippen molar-refractivity contribution in [1.82, 2.24) is 10.2 Å². The molecule has 2 atom stereocenters. The van der Waals surface area contributed by atoms with Crippen LogP contribution in [0.5, 0.6) is 0 Å². The molecule has 2 N–H and O–H groups in total. The van der Waals surface area contributed by atoms with Crippen LogP contribution in [0.4, 0.5) is 10.5 Å². The second kappa shape index (κ2) is 11.0. The number of rotatable bonds is 7. The van der Waals surface area contributed by atoms with E-state index in [4.69, 9.17) is 4.74 Å². The fraction of sp³-hybridized carbons (Fsp3) is 0.423. The molecular weight excluding hydrogens is 418 g/mol. The van der Waals surface area contributed by atoms with E-state index in [0.29, 0.717) is 11.3 Å². The third-order valence-electron chi connectivity index (χ3n) is 5.08. The predicted molar refractivity (Wildman–Crippen MR) is 130 cm³/mol. The highest BCUT2D eigenvalue weighted by atomic mass is 16.6. The first kappa shape index (κ1) is 25.9. The molecule has 3 amide bonds.